The fourth-order valence-corrected chi connectivity index (χ4v) is 4.26. The first-order valence-corrected chi connectivity index (χ1v) is 9.86. The highest BCUT2D eigenvalue weighted by atomic mass is 35.5. The minimum absolute atomic E-state index is 0.0122. The van der Waals surface area contributed by atoms with Crippen molar-refractivity contribution in [3.05, 3.63) is 97.8 Å². The normalized spacial score (nSPS) is 16.2. The first-order chi connectivity index (χ1) is 14.0. The molecule has 6 nitrogen and oxygen atoms in total. The molecule has 1 aliphatic heterocycles. The molecule has 4 rings (SSSR count). The van der Waals surface area contributed by atoms with Gasteiger partial charge in [-0.3, -0.25) is 14.9 Å². The van der Waals surface area contributed by atoms with E-state index in [1.807, 2.05) is 24.4 Å². The molecule has 0 radical (unpaired) electrons. The Labute approximate surface area is 177 Å². The minimum Gasteiger partial charge on any atom is -0.349 e. The van der Waals surface area contributed by atoms with E-state index in [9.17, 15) is 14.9 Å². The molecule has 3 aromatic rings. The van der Waals surface area contributed by atoms with Crippen LogP contribution in [0, 0.1) is 10.1 Å². The lowest BCUT2D eigenvalue weighted by molar-refractivity contribution is -0.384. The number of fused-ring (bicyclic) bond motifs is 1. The van der Waals surface area contributed by atoms with Crippen LogP contribution in [-0.2, 0) is 6.54 Å². The van der Waals surface area contributed by atoms with Gasteiger partial charge in [0.05, 0.1) is 21.6 Å². The summed E-state index contributed by atoms with van der Waals surface area (Å²) in [5.41, 5.74) is 1.93. The van der Waals surface area contributed by atoms with Gasteiger partial charge in [0.1, 0.15) is 0 Å². The second-order valence-corrected chi connectivity index (χ2v) is 7.70. The van der Waals surface area contributed by atoms with Crippen molar-refractivity contribution in [1.82, 2.24) is 9.47 Å². The Kier molecular flexibility index (Phi) is 5.30. The second kappa shape index (κ2) is 7.89. The van der Waals surface area contributed by atoms with E-state index in [0.29, 0.717) is 22.7 Å². The van der Waals surface area contributed by atoms with Crippen LogP contribution < -0.4 is 0 Å². The molecule has 1 atom stereocenters. The van der Waals surface area contributed by atoms with Crippen LogP contribution in [0.3, 0.4) is 0 Å². The minimum atomic E-state index is -0.466. The van der Waals surface area contributed by atoms with Gasteiger partial charge in [-0.25, -0.2) is 0 Å². The van der Waals surface area contributed by atoms with Gasteiger partial charge in [0.2, 0.25) is 0 Å². The summed E-state index contributed by atoms with van der Waals surface area (Å²) in [6.45, 7) is 1.25. The molecule has 2 aromatic carbocycles. The third kappa shape index (κ3) is 3.73. The molecule has 29 heavy (non-hydrogen) atoms. The monoisotopic (exact) mass is 429 g/mol. The highest BCUT2D eigenvalue weighted by Crippen LogP contribution is 2.35. The van der Waals surface area contributed by atoms with Crippen molar-refractivity contribution in [2.24, 2.45) is 0 Å². The fourth-order valence-electron chi connectivity index (χ4n) is 3.77. The molecule has 0 aliphatic carbocycles. The molecular weight excluding hydrogens is 413 g/mol. The number of aromatic nitrogens is 1. The summed E-state index contributed by atoms with van der Waals surface area (Å²) in [5.74, 6) is -0.238. The molecule has 0 fully saturated rings. The summed E-state index contributed by atoms with van der Waals surface area (Å²) in [4.78, 5) is 26.1. The van der Waals surface area contributed by atoms with Crippen molar-refractivity contribution in [1.29, 1.82) is 0 Å². The van der Waals surface area contributed by atoms with Crippen molar-refractivity contribution in [2.45, 2.75) is 19.0 Å². The standard InChI is InChI=1S/C21H17Cl2N3O3/c22-15-7-8-17(18(23)13-15)21(27)25-11-3-10-24-9-2-6-19(24)20(25)14-4-1-5-16(12-14)26(28)29/h1-2,4-9,12-13,20H,3,10-11H2. The number of amides is 1. The van der Waals surface area contributed by atoms with Gasteiger partial charge in [-0.2, -0.15) is 0 Å². The van der Waals surface area contributed by atoms with Crippen molar-refractivity contribution in [3.8, 4) is 0 Å². The highest BCUT2D eigenvalue weighted by Gasteiger charge is 2.32. The van der Waals surface area contributed by atoms with Crippen LogP contribution in [0.15, 0.2) is 60.8 Å². The van der Waals surface area contributed by atoms with E-state index in [1.54, 1.807) is 29.2 Å². The maximum atomic E-state index is 13.5. The van der Waals surface area contributed by atoms with Crippen LogP contribution in [0.25, 0.3) is 0 Å². The average molecular weight is 430 g/mol. The second-order valence-electron chi connectivity index (χ2n) is 6.86. The number of non-ortho nitro benzene ring substituents is 1. The van der Waals surface area contributed by atoms with E-state index < -0.39 is 11.0 Å². The van der Waals surface area contributed by atoms with E-state index in [2.05, 4.69) is 4.57 Å². The Morgan fingerprint density at radius 2 is 1.90 bits per heavy atom. The number of carbonyl (C=O) groups is 1. The van der Waals surface area contributed by atoms with Gasteiger partial charge in [-0.1, -0.05) is 35.3 Å². The number of hydrogen-bond acceptors (Lipinski definition) is 3. The predicted octanol–water partition coefficient (Wildman–Crippen LogP) is 5.34. The van der Waals surface area contributed by atoms with Crippen molar-refractivity contribution in [2.75, 3.05) is 6.54 Å². The van der Waals surface area contributed by atoms with Crippen LogP contribution in [0.4, 0.5) is 5.69 Å². The van der Waals surface area contributed by atoms with Gasteiger partial charge >= 0.3 is 0 Å². The first-order valence-electron chi connectivity index (χ1n) is 9.11. The highest BCUT2D eigenvalue weighted by molar-refractivity contribution is 6.36. The number of nitro groups is 1. The van der Waals surface area contributed by atoms with Crippen LogP contribution >= 0.6 is 23.2 Å². The van der Waals surface area contributed by atoms with Crippen molar-refractivity contribution in [3.63, 3.8) is 0 Å². The summed E-state index contributed by atoms with van der Waals surface area (Å²) in [6, 6.07) is 14.6. The predicted molar refractivity (Wildman–Crippen MR) is 111 cm³/mol. The number of nitrogens with zero attached hydrogens (tertiary/aromatic N) is 3. The lowest BCUT2D eigenvalue weighted by Crippen LogP contribution is -2.36. The van der Waals surface area contributed by atoms with E-state index in [-0.39, 0.29) is 16.6 Å². The Balaban J connectivity index is 1.84. The molecule has 0 saturated carbocycles. The van der Waals surface area contributed by atoms with Gasteiger partial charge in [0, 0.05) is 42.1 Å². The molecule has 1 amide bonds. The molecule has 0 N–H and O–H groups in total. The quantitative estimate of drug-likeness (QED) is 0.416. The zero-order chi connectivity index (χ0) is 20.5. The fraction of sp³-hybridized carbons (Fsp3) is 0.190. The summed E-state index contributed by atoms with van der Waals surface area (Å²) < 4.78 is 2.08. The van der Waals surface area contributed by atoms with E-state index in [0.717, 1.165) is 18.7 Å². The molecule has 0 saturated heterocycles. The third-order valence-electron chi connectivity index (χ3n) is 5.07. The molecule has 1 unspecified atom stereocenters. The molecule has 1 aliphatic rings. The zero-order valence-corrected chi connectivity index (χ0v) is 16.8. The number of benzene rings is 2. The Morgan fingerprint density at radius 3 is 2.66 bits per heavy atom. The van der Waals surface area contributed by atoms with Crippen molar-refractivity contribution >= 4 is 34.8 Å². The van der Waals surface area contributed by atoms with Gasteiger partial charge in [0.25, 0.3) is 11.6 Å². The maximum Gasteiger partial charge on any atom is 0.269 e. The summed E-state index contributed by atoms with van der Waals surface area (Å²) >= 11 is 12.3. The zero-order valence-electron chi connectivity index (χ0n) is 15.3. The molecular formula is C21H17Cl2N3O3. The third-order valence-corrected chi connectivity index (χ3v) is 5.62. The number of rotatable bonds is 3. The van der Waals surface area contributed by atoms with Crippen LogP contribution in [0.5, 0.6) is 0 Å². The topological polar surface area (TPSA) is 68.4 Å². The van der Waals surface area contributed by atoms with Crippen LogP contribution in [0.2, 0.25) is 10.0 Å². The lowest BCUT2D eigenvalue weighted by Gasteiger charge is -2.31. The number of halogens is 2. The van der Waals surface area contributed by atoms with Crippen molar-refractivity contribution < 1.29 is 9.72 Å². The van der Waals surface area contributed by atoms with Gasteiger partial charge in [-0.15, -0.1) is 0 Å². The van der Waals surface area contributed by atoms with Gasteiger partial charge in [0.15, 0.2) is 0 Å². The summed E-state index contributed by atoms with van der Waals surface area (Å²) in [5, 5.41) is 12.0. The van der Waals surface area contributed by atoms with E-state index >= 15 is 0 Å². The Bertz CT molecular complexity index is 1100. The molecule has 0 spiro atoms. The Morgan fingerprint density at radius 1 is 1.07 bits per heavy atom. The molecule has 0 bridgehead atoms. The summed E-state index contributed by atoms with van der Waals surface area (Å²) in [7, 11) is 0. The number of carbonyl (C=O) groups excluding carboxylic acids is 1. The largest absolute Gasteiger partial charge is 0.349 e. The van der Waals surface area contributed by atoms with Gasteiger partial charge in [-0.05, 0) is 42.3 Å². The maximum absolute atomic E-state index is 13.5. The first kappa shape index (κ1) is 19.5. The van der Waals surface area contributed by atoms with E-state index in [1.165, 1.54) is 12.1 Å². The number of nitro benzene ring substituents is 1. The smallest absolute Gasteiger partial charge is 0.269 e. The molecule has 2 heterocycles. The van der Waals surface area contributed by atoms with Crippen LogP contribution in [-0.4, -0.2) is 26.8 Å². The molecule has 8 heteroatoms. The van der Waals surface area contributed by atoms with Gasteiger partial charge < -0.3 is 9.47 Å². The average Bonchev–Trinajstić information content (AvgIpc) is 3.07. The number of hydrogen-bond donors (Lipinski definition) is 0. The Hall–Kier alpha value is -2.83. The SMILES string of the molecule is O=C(c1ccc(Cl)cc1Cl)N1CCCn2cccc2C1c1cccc([N+](=O)[O-])c1. The lowest BCUT2D eigenvalue weighted by atomic mass is 10.00. The van der Waals surface area contributed by atoms with Crippen LogP contribution in [0.1, 0.15) is 34.1 Å². The summed E-state index contributed by atoms with van der Waals surface area (Å²) in [6.07, 6.45) is 2.72. The molecule has 148 valence electrons. The van der Waals surface area contributed by atoms with E-state index in [4.69, 9.17) is 23.2 Å². The molecule has 1 aromatic heterocycles. The number of aryl methyl sites for hydroxylation is 1.